The molecule has 7 nitrogen and oxygen atoms in total. The van der Waals surface area contributed by atoms with Crippen LogP contribution in [0, 0.1) is 5.92 Å². The van der Waals surface area contributed by atoms with Crippen molar-refractivity contribution in [3.63, 3.8) is 0 Å². The van der Waals surface area contributed by atoms with Gasteiger partial charge in [-0.05, 0) is 67.4 Å². The van der Waals surface area contributed by atoms with Crippen molar-refractivity contribution in [2.75, 3.05) is 55.9 Å². The molecule has 0 aliphatic carbocycles. The molecule has 1 saturated heterocycles. The lowest BCUT2D eigenvalue weighted by molar-refractivity contribution is -0.149. The summed E-state index contributed by atoms with van der Waals surface area (Å²) in [5, 5.41) is 3.56. The Balaban J connectivity index is 1.10. The van der Waals surface area contributed by atoms with E-state index in [0.29, 0.717) is 13.0 Å². The SMILES string of the molecule is CCCCCC(CCCCC)C(=O)OCN1C(=O)CC(C)(C)c2ccc(OCCCCN3CCN(c4cccc5sccc45)CC3)cc21. The Kier molecular flexibility index (Phi) is 13.2. The summed E-state index contributed by atoms with van der Waals surface area (Å²) in [5.41, 5.74) is 2.95. The third-order valence-corrected chi connectivity index (χ3v) is 11.1. The number of carbonyl (C=O) groups excluding carboxylic acids is 2. The number of fused-ring (bicyclic) bond motifs is 2. The third-order valence-electron chi connectivity index (χ3n) is 10.2. The summed E-state index contributed by atoms with van der Waals surface area (Å²) in [6, 6.07) is 15.0. The second-order valence-corrected chi connectivity index (χ2v) is 15.3. The molecule has 2 aliphatic rings. The maximum absolute atomic E-state index is 13.4. The molecule has 1 aromatic heterocycles. The van der Waals surface area contributed by atoms with Crippen LogP contribution in [0.1, 0.15) is 104 Å². The first-order valence-corrected chi connectivity index (χ1v) is 19.4. The van der Waals surface area contributed by atoms with Crippen molar-refractivity contribution in [1.82, 2.24) is 4.90 Å². The Morgan fingerprint density at radius 2 is 1.65 bits per heavy atom. The van der Waals surface area contributed by atoms with Crippen molar-refractivity contribution in [3.05, 3.63) is 53.4 Å². The van der Waals surface area contributed by atoms with Crippen LogP contribution in [0.4, 0.5) is 11.4 Å². The summed E-state index contributed by atoms with van der Waals surface area (Å²) < 4.78 is 13.5. The van der Waals surface area contributed by atoms with E-state index in [2.05, 4.69) is 73.2 Å². The van der Waals surface area contributed by atoms with Gasteiger partial charge in [-0.2, -0.15) is 0 Å². The van der Waals surface area contributed by atoms with Gasteiger partial charge in [-0.3, -0.25) is 19.4 Å². The molecule has 262 valence electrons. The van der Waals surface area contributed by atoms with E-state index in [1.165, 1.54) is 15.8 Å². The first-order chi connectivity index (χ1) is 23.3. The van der Waals surface area contributed by atoms with Crippen LogP contribution in [-0.2, 0) is 19.7 Å². The summed E-state index contributed by atoms with van der Waals surface area (Å²) in [4.78, 5) is 33.3. The number of amides is 1. The van der Waals surface area contributed by atoms with E-state index in [0.717, 1.165) is 114 Å². The summed E-state index contributed by atoms with van der Waals surface area (Å²) >= 11 is 1.81. The quantitative estimate of drug-likeness (QED) is 0.0990. The smallest absolute Gasteiger partial charge is 0.310 e. The van der Waals surface area contributed by atoms with Crippen molar-refractivity contribution in [3.8, 4) is 5.75 Å². The standard InChI is InChI=1S/C40H57N3O4S/c1-5-7-9-14-31(15-10-8-6-2)39(45)47-30-43-36-28-32(18-19-34(36)40(3,4)29-38(43)44)46-26-12-11-21-41-22-24-42(25-23-41)35-16-13-17-37-33(35)20-27-48-37/h13,16-20,27-28,31H,5-12,14-15,21-26,29-30H2,1-4H3. The summed E-state index contributed by atoms with van der Waals surface area (Å²) in [7, 11) is 0. The van der Waals surface area contributed by atoms with E-state index in [1.807, 2.05) is 23.5 Å². The van der Waals surface area contributed by atoms with Gasteiger partial charge in [-0.1, -0.05) is 78.4 Å². The Morgan fingerprint density at radius 3 is 2.38 bits per heavy atom. The number of carbonyl (C=O) groups is 2. The van der Waals surface area contributed by atoms with Crippen LogP contribution in [0.15, 0.2) is 47.8 Å². The van der Waals surface area contributed by atoms with Crippen molar-refractivity contribution in [2.24, 2.45) is 5.92 Å². The molecular formula is C40H57N3O4S. The van der Waals surface area contributed by atoms with Crippen LogP contribution in [0.2, 0.25) is 0 Å². The molecule has 0 saturated carbocycles. The highest BCUT2D eigenvalue weighted by atomic mass is 32.1. The lowest BCUT2D eigenvalue weighted by Gasteiger charge is -2.38. The number of benzene rings is 2. The number of rotatable bonds is 18. The average Bonchev–Trinajstić information content (AvgIpc) is 3.57. The predicted molar refractivity (Wildman–Crippen MR) is 200 cm³/mol. The van der Waals surface area contributed by atoms with E-state index in [1.54, 1.807) is 4.90 Å². The Bertz CT molecular complexity index is 1470. The zero-order valence-electron chi connectivity index (χ0n) is 29.8. The minimum Gasteiger partial charge on any atom is -0.494 e. The van der Waals surface area contributed by atoms with Crippen LogP contribution in [0.5, 0.6) is 5.75 Å². The molecule has 2 aromatic carbocycles. The number of esters is 1. The first kappa shape index (κ1) is 36.2. The molecule has 48 heavy (non-hydrogen) atoms. The number of unbranched alkanes of at least 4 members (excludes halogenated alkanes) is 5. The number of thiophene rings is 1. The molecule has 8 heteroatoms. The van der Waals surface area contributed by atoms with Crippen LogP contribution >= 0.6 is 11.3 Å². The molecule has 3 heterocycles. The number of piperazine rings is 1. The van der Waals surface area contributed by atoms with Crippen LogP contribution in [0.25, 0.3) is 10.1 Å². The molecule has 3 aromatic rings. The molecule has 2 aliphatic heterocycles. The zero-order valence-corrected chi connectivity index (χ0v) is 30.6. The Hall–Kier alpha value is -3.10. The molecule has 1 amide bonds. The molecule has 0 N–H and O–H groups in total. The topological polar surface area (TPSA) is 62.3 Å². The van der Waals surface area contributed by atoms with Crippen molar-refractivity contribution < 1.29 is 19.1 Å². The number of ether oxygens (including phenoxy) is 2. The van der Waals surface area contributed by atoms with Crippen molar-refractivity contribution in [2.45, 2.75) is 104 Å². The maximum Gasteiger partial charge on any atom is 0.310 e. The van der Waals surface area contributed by atoms with Gasteiger partial charge in [0.1, 0.15) is 5.75 Å². The highest BCUT2D eigenvalue weighted by Gasteiger charge is 2.37. The van der Waals surface area contributed by atoms with E-state index >= 15 is 0 Å². The largest absolute Gasteiger partial charge is 0.494 e. The van der Waals surface area contributed by atoms with E-state index in [4.69, 9.17) is 9.47 Å². The third kappa shape index (κ3) is 9.32. The molecule has 0 unspecified atom stereocenters. The number of hydrogen-bond donors (Lipinski definition) is 0. The van der Waals surface area contributed by atoms with Crippen LogP contribution < -0.4 is 14.5 Å². The van der Waals surface area contributed by atoms with Crippen molar-refractivity contribution >= 4 is 44.7 Å². The molecular weight excluding hydrogens is 619 g/mol. The highest BCUT2D eigenvalue weighted by Crippen LogP contribution is 2.42. The van der Waals surface area contributed by atoms with E-state index < -0.39 is 0 Å². The predicted octanol–water partition coefficient (Wildman–Crippen LogP) is 9.17. The fraction of sp³-hybridized carbons (Fsp3) is 0.600. The van der Waals surface area contributed by atoms with E-state index in [-0.39, 0.29) is 29.9 Å². The fourth-order valence-electron chi connectivity index (χ4n) is 7.24. The minimum absolute atomic E-state index is 0.0157. The van der Waals surface area contributed by atoms with Crippen molar-refractivity contribution in [1.29, 1.82) is 0 Å². The Morgan fingerprint density at radius 1 is 0.896 bits per heavy atom. The van der Waals surface area contributed by atoms with Gasteiger partial charge in [0.15, 0.2) is 6.73 Å². The van der Waals surface area contributed by atoms with Gasteiger partial charge >= 0.3 is 5.97 Å². The molecule has 5 rings (SSSR count). The normalized spacial score (nSPS) is 16.5. The zero-order chi connectivity index (χ0) is 33.9. The molecule has 0 spiro atoms. The summed E-state index contributed by atoms with van der Waals surface area (Å²) in [6.07, 6.45) is 10.7. The summed E-state index contributed by atoms with van der Waals surface area (Å²) in [6.45, 7) is 14.5. The fourth-order valence-corrected chi connectivity index (χ4v) is 8.05. The van der Waals surface area contributed by atoms with Crippen LogP contribution in [0.3, 0.4) is 0 Å². The monoisotopic (exact) mass is 675 g/mol. The average molecular weight is 676 g/mol. The number of hydrogen-bond acceptors (Lipinski definition) is 7. The first-order valence-electron chi connectivity index (χ1n) is 18.5. The van der Waals surface area contributed by atoms with Gasteiger partial charge in [0.25, 0.3) is 0 Å². The Labute approximate surface area is 292 Å². The van der Waals surface area contributed by atoms with Gasteiger partial charge < -0.3 is 14.4 Å². The lowest BCUT2D eigenvalue weighted by atomic mass is 9.77. The molecule has 1 fully saturated rings. The summed E-state index contributed by atoms with van der Waals surface area (Å²) in [5.74, 6) is 0.468. The van der Waals surface area contributed by atoms with Gasteiger partial charge in [0.2, 0.25) is 5.91 Å². The molecule has 0 atom stereocenters. The van der Waals surface area contributed by atoms with E-state index in [9.17, 15) is 9.59 Å². The second-order valence-electron chi connectivity index (χ2n) is 14.3. The minimum atomic E-state index is -0.297. The molecule has 0 radical (unpaired) electrons. The van der Waals surface area contributed by atoms with Gasteiger partial charge in [-0.25, -0.2) is 0 Å². The molecule has 0 bridgehead atoms. The lowest BCUT2D eigenvalue weighted by Crippen LogP contribution is -2.46. The number of anilines is 2. The maximum atomic E-state index is 13.4. The number of nitrogens with zero attached hydrogens (tertiary/aromatic N) is 3. The van der Waals surface area contributed by atoms with Gasteiger partial charge in [-0.15, -0.1) is 11.3 Å². The van der Waals surface area contributed by atoms with Gasteiger partial charge in [0.05, 0.1) is 18.2 Å². The second kappa shape index (κ2) is 17.5. The van der Waals surface area contributed by atoms with Gasteiger partial charge in [0, 0.05) is 59.9 Å². The van der Waals surface area contributed by atoms with Crippen LogP contribution in [-0.4, -0.2) is 62.8 Å². The highest BCUT2D eigenvalue weighted by molar-refractivity contribution is 7.17.